The Bertz CT molecular complexity index is 279. The lowest BCUT2D eigenvalue weighted by Gasteiger charge is -1.94. The Hall–Kier alpha value is 2.10. The van der Waals surface area contributed by atoms with Gasteiger partial charge in [0, 0.05) is 0 Å². The molecule has 0 saturated carbocycles. The Morgan fingerprint density at radius 3 is 2.00 bits per heavy atom. The normalized spacial score (nSPS) is 19.2. The van der Waals surface area contributed by atoms with Gasteiger partial charge in [-0.15, -0.1) is 0 Å². The molecular weight excluding hydrogens is 265 g/mol. The second-order valence-electron chi connectivity index (χ2n) is 2.52. The van der Waals surface area contributed by atoms with Crippen LogP contribution >= 0.6 is 49.8 Å². The van der Waals surface area contributed by atoms with Gasteiger partial charge in [-0.2, -0.15) is 0 Å². The Balaban J connectivity index is 2.24. The van der Waals surface area contributed by atoms with E-state index < -0.39 is 0 Å². The summed E-state index contributed by atoms with van der Waals surface area (Å²) < 4.78 is 0. The van der Waals surface area contributed by atoms with E-state index in [1.807, 2.05) is 0 Å². The third-order valence-corrected chi connectivity index (χ3v) is 67.2. The predicted octanol–water partition coefficient (Wildman–Crippen LogP) is 6.45. The molecule has 2 rings (SSSR count). The fraction of sp³-hybridized carbons (Fsp3) is 1.00. The lowest BCUT2D eigenvalue weighted by molar-refractivity contribution is 0.857. The number of hydrogen-bond acceptors (Lipinski definition) is 0. The van der Waals surface area contributed by atoms with Crippen molar-refractivity contribution in [1.29, 1.82) is 0 Å². The van der Waals surface area contributed by atoms with Crippen molar-refractivity contribution in [2.24, 2.45) is 0 Å². The van der Waals surface area contributed by atoms with Gasteiger partial charge >= 0.3 is 0 Å². The van der Waals surface area contributed by atoms with Crippen molar-refractivity contribution in [3.8, 4) is 0 Å². The summed E-state index contributed by atoms with van der Waals surface area (Å²) in [5.41, 5.74) is 0. The first-order valence-corrected chi connectivity index (χ1v) is 18.8. The van der Waals surface area contributed by atoms with Gasteiger partial charge in [-0.3, -0.25) is 0 Å². The molecule has 0 spiro atoms. The van der Waals surface area contributed by atoms with Gasteiger partial charge in [-0.25, -0.2) is 0 Å². The van der Waals surface area contributed by atoms with Gasteiger partial charge in [-0.1, -0.05) is 50.4 Å². The maximum atomic E-state index is 2.35. The van der Waals surface area contributed by atoms with Gasteiger partial charge < -0.3 is 0 Å². The molecule has 4 unspecified atom stereocenters. The van der Waals surface area contributed by atoms with Crippen LogP contribution in [-0.2, 0) is 6.16 Å². The van der Waals surface area contributed by atoms with E-state index in [2.05, 4.69) is 6.92 Å². The molecule has 0 aliphatic rings. The molecule has 0 N–H and O–H groups in total. The van der Waals surface area contributed by atoms with E-state index in [-0.39, 0.29) is 0 Å². The van der Waals surface area contributed by atoms with Crippen molar-refractivity contribution in [3.63, 3.8) is 0 Å². The molecule has 11 heavy (non-hydrogen) atoms. The smallest absolute Gasteiger partial charge is 0.00546 e. The second-order valence-corrected chi connectivity index (χ2v) is 35.4. The van der Waals surface area contributed by atoms with Crippen LogP contribution in [0.2, 0.25) is 0 Å². The highest BCUT2D eigenvalue weighted by atomic mass is 32.9. The SMILES string of the molecule is CCCCp1p2[pH][pH]p1[pH][pH]2. The van der Waals surface area contributed by atoms with Crippen molar-refractivity contribution < 1.29 is 0 Å². The Kier molecular flexibility index (Phi) is 3.99. The summed E-state index contributed by atoms with van der Waals surface area (Å²) in [4.78, 5) is 0. The molecule has 0 aromatic carbocycles. The Morgan fingerprint density at radius 2 is 1.55 bits per heavy atom. The molecule has 0 saturated heterocycles. The van der Waals surface area contributed by atoms with E-state index in [9.17, 15) is 0 Å². The van der Waals surface area contributed by atoms with Crippen LogP contribution in [0.15, 0.2) is 0 Å². The molecule has 2 aromatic rings. The average Bonchev–Trinajstić information content (AvgIpc) is 2.59. The van der Waals surface area contributed by atoms with E-state index in [0.29, 0.717) is 6.89 Å². The van der Waals surface area contributed by atoms with Gasteiger partial charge in [0.15, 0.2) is 0 Å². The van der Waals surface area contributed by atoms with Crippen LogP contribution in [-0.4, -0.2) is 0 Å². The standard InChI is InChI=1S/C4H13P7/c1-2-3-4-9-10-5-6-11(9)8-7-10/h5-8H,2-4H2,1H3. The largest absolute Gasteiger partial charge is 0.0851 e. The molecule has 0 aliphatic heterocycles. The van der Waals surface area contributed by atoms with Gasteiger partial charge in [0.1, 0.15) is 0 Å². The van der Waals surface area contributed by atoms with E-state index >= 15 is 0 Å². The maximum Gasteiger partial charge on any atom is -0.00546 e. The minimum atomic E-state index is 0.717. The summed E-state index contributed by atoms with van der Waals surface area (Å²) in [7, 11) is 6.04. The molecule has 7 heteroatoms. The van der Waals surface area contributed by atoms with Crippen LogP contribution in [0.5, 0.6) is 0 Å². The number of hydrogen-bond donors (Lipinski definition) is 0. The zero-order valence-corrected chi connectivity index (χ0v) is 13.1. The second kappa shape index (κ2) is 4.55. The first-order chi connectivity index (χ1) is 5.42. The van der Waals surface area contributed by atoms with Crippen LogP contribution < -0.4 is 0 Å². The highest BCUT2D eigenvalue weighted by Crippen LogP contribution is 2.85. The molecule has 4 atom stereocenters. The van der Waals surface area contributed by atoms with Crippen LogP contribution in [0.4, 0.5) is 0 Å². The number of rotatable bonds is 3. The van der Waals surface area contributed by atoms with Gasteiger partial charge in [0.05, 0.1) is 0 Å². The van der Waals surface area contributed by atoms with Crippen molar-refractivity contribution in [2.45, 2.75) is 25.9 Å². The molecule has 2 heterocycles. The Morgan fingerprint density at radius 1 is 1.00 bits per heavy atom. The molecule has 64 valence electrons. The summed E-state index contributed by atoms with van der Waals surface area (Å²) in [6, 6.07) is 0. The molecule has 0 fully saturated rings. The van der Waals surface area contributed by atoms with Crippen LogP contribution in [0.3, 0.4) is 0 Å². The van der Waals surface area contributed by atoms with Crippen molar-refractivity contribution in [2.75, 3.05) is 0 Å². The van der Waals surface area contributed by atoms with Crippen molar-refractivity contribution >= 4 is 49.8 Å². The molecule has 0 nitrogen and oxygen atoms in total. The average molecular weight is 278 g/mol. The van der Waals surface area contributed by atoms with Crippen LogP contribution in [0.1, 0.15) is 19.8 Å². The summed E-state index contributed by atoms with van der Waals surface area (Å²) in [5.74, 6) is 0. The van der Waals surface area contributed by atoms with Crippen molar-refractivity contribution in [1.82, 2.24) is 0 Å². The lowest BCUT2D eigenvalue weighted by Crippen LogP contribution is -1.63. The predicted molar refractivity (Wildman–Crippen MR) is 73.5 cm³/mol. The summed E-state index contributed by atoms with van der Waals surface area (Å²) >= 11 is 0. The fourth-order valence-electron chi connectivity index (χ4n) is 1.07. The first kappa shape index (κ1) is 9.65. The zero-order valence-electron chi connectivity index (χ0n) is 6.46. The first-order valence-electron chi connectivity index (χ1n) is 3.82. The van der Waals surface area contributed by atoms with Gasteiger partial charge in [-0.05, 0) is 25.3 Å². The van der Waals surface area contributed by atoms with E-state index in [1.165, 1.54) is 36.6 Å². The van der Waals surface area contributed by atoms with Crippen LogP contribution in [0, 0.1) is 0 Å². The van der Waals surface area contributed by atoms with E-state index in [4.69, 9.17) is 0 Å². The third-order valence-electron chi connectivity index (χ3n) is 1.70. The lowest BCUT2D eigenvalue weighted by atomic mass is 10.4. The number of fused-ring (bicyclic) bond motifs is 2. The monoisotopic (exact) mass is 278 g/mol. The topological polar surface area (TPSA) is 0 Å². The third kappa shape index (κ3) is 2.13. The van der Waals surface area contributed by atoms with Crippen LogP contribution in [0.25, 0.3) is 0 Å². The van der Waals surface area contributed by atoms with Gasteiger partial charge in [0.25, 0.3) is 0 Å². The minimum absolute atomic E-state index is 0.717. The molecule has 2 bridgehead atoms. The number of aryl methyl sites for hydroxylation is 1. The van der Waals surface area contributed by atoms with Gasteiger partial charge in [0.2, 0.25) is 0 Å². The Labute approximate surface area is 75.9 Å². The fourth-order valence-corrected chi connectivity index (χ4v) is 122. The highest BCUT2D eigenvalue weighted by Gasteiger charge is 2.02. The molecule has 0 amide bonds. The van der Waals surface area contributed by atoms with E-state index in [1.54, 1.807) is 12.6 Å². The summed E-state index contributed by atoms with van der Waals surface area (Å²) in [5, 5.41) is 0. The summed E-state index contributed by atoms with van der Waals surface area (Å²) in [6.45, 7) is 3.07. The highest BCUT2D eigenvalue weighted by molar-refractivity contribution is 8.86. The molecule has 0 radical (unpaired) electrons. The van der Waals surface area contributed by atoms with E-state index in [0.717, 1.165) is 12.7 Å². The zero-order chi connectivity index (χ0) is 7.68. The minimum Gasteiger partial charge on any atom is -0.0851 e. The molecule has 0 aliphatic carbocycles. The molecule has 2 aromatic heterocycles. The quantitative estimate of drug-likeness (QED) is 0.605. The molecular formula is C4H13P7. The number of unbranched alkanes of at least 4 members (excludes halogenated alkanes) is 1. The van der Waals surface area contributed by atoms with Crippen molar-refractivity contribution in [3.05, 3.63) is 0 Å². The maximum absolute atomic E-state index is 2.35. The summed E-state index contributed by atoms with van der Waals surface area (Å²) in [6.07, 6.45) is 6.17.